The highest BCUT2D eigenvalue weighted by Crippen LogP contribution is 2.39. The van der Waals surface area contributed by atoms with Gasteiger partial charge in [0.05, 0.1) is 6.33 Å². The zero-order chi connectivity index (χ0) is 14.3. The van der Waals surface area contributed by atoms with E-state index in [1.807, 2.05) is 0 Å². The molecule has 0 spiro atoms. The van der Waals surface area contributed by atoms with Crippen LogP contribution in [0.25, 0.3) is 0 Å². The van der Waals surface area contributed by atoms with Gasteiger partial charge in [-0.15, -0.1) is 0 Å². The Morgan fingerprint density at radius 1 is 1.42 bits per heavy atom. The van der Waals surface area contributed by atoms with Gasteiger partial charge >= 0.3 is 0 Å². The minimum atomic E-state index is -3.57. The summed E-state index contributed by atoms with van der Waals surface area (Å²) in [4.78, 5) is 3.93. The molecule has 1 aliphatic heterocycles. The summed E-state index contributed by atoms with van der Waals surface area (Å²) in [5.74, 6) is 0. The van der Waals surface area contributed by atoms with Crippen molar-refractivity contribution < 1.29 is 8.42 Å². The van der Waals surface area contributed by atoms with Gasteiger partial charge in [0, 0.05) is 20.1 Å². The Hall–Kier alpha value is -0.590. The van der Waals surface area contributed by atoms with E-state index in [0.29, 0.717) is 13.1 Å². The largest absolute Gasteiger partial charge is 0.324 e. The van der Waals surface area contributed by atoms with Crippen LogP contribution in [-0.4, -0.2) is 35.4 Å². The van der Waals surface area contributed by atoms with Gasteiger partial charge in [-0.05, 0) is 24.7 Å². The summed E-state index contributed by atoms with van der Waals surface area (Å²) >= 11 is 6.01. The van der Waals surface area contributed by atoms with Crippen LogP contribution in [0.4, 0.5) is 0 Å². The normalized spacial score (nSPS) is 20.0. The molecule has 0 saturated carbocycles. The van der Waals surface area contributed by atoms with Crippen molar-refractivity contribution in [2.24, 2.45) is 12.5 Å². The number of imidazole rings is 1. The van der Waals surface area contributed by atoms with Crippen molar-refractivity contribution in [1.29, 1.82) is 0 Å². The van der Waals surface area contributed by atoms with Crippen LogP contribution >= 0.6 is 11.6 Å². The number of nitrogens with zero attached hydrogens (tertiary/aromatic N) is 3. The Morgan fingerprint density at radius 2 is 2.05 bits per heavy atom. The second kappa shape index (κ2) is 5.07. The fourth-order valence-corrected chi connectivity index (χ4v) is 4.56. The third-order valence-corrected chi connectivity index (χ3v) is 6.66. The SMILES string of the molecule is CCC1(CC)CCN(S(=O)(=O)c2ncn(C)c2Cl)C1. The summed E-state index contributed by atoms with van der Waals surface area (Å²) < 4.78 is 28.1. The molecule has 0 bridgehead atoms. The van der Waals surface area contributed by atoms with Gasteiger partial charge in [0.15, 0.2) is 0 Å². The summed E-state index contributed by atoms with van der Waals surface area (Å²) in [5, 5.41) is 0.144. The first-order valence-electron chi connectivity index (χ1n) is 6.53. The molecule has 0 N–H and O–H groups in total. The molecular weight excluding hydrogens is 286 g/mol. The number of hydrogen-bond acceptors (Lipinski definition) is 3. The predicted octanol–water partition coefficient (Wildman–Crippen LogP) is 2.27. The lowest BCUT2D eigenvalue weighted by Crippen LogP contribution is -2.32. The van der Waals surface area contributed by atoms with Crippen molar-refractivity contribution in [3.63, 3.8) is 0 Å². The second-order valence-electron chi connectivity index (χ2n) is 5.25. The minimum Gasteiger partial charge on any atom is -0.324 e. The molecule has 1 aromatic rings. The Kier molecular flexibility index (Phi) is 3.95. The first-order chi connectivity index (χ1) is 8.86. The van der Waals surface area contributed by atoms with Crippen LogP contribution in [0.2, 0.25) is 5.15 Å². The minimum absolute atomic E-state index is 0.0281. The molecule has 0 aliphatic carbocycles. The summed E-state index contributed by atoms with van der Waals surface area (Å²) in [6.07, 6.45) is 4.32. The highest BCUT2D eigenvalue weighted by molar-refractivity contribution is 7.89. The molecule has 19 heavy (non-hydrogen) atoms. The Balaban J connectivity index is 2.30. The molecule has 0 radical (unpaired) electrons. The molecule has 2 rings (SSSR count). The van der Waals surface area contributed by atoms with Gasteiger partial charge in [-0.1, -0.05) is 25.4 Å². The number of rotatable bonds is 4. The maximum absolute atomic E-state index is 12.6. The van der Waals surface area contributed by atoms with E-state index in [4.69, 9.17) is 11.6 Å². The van der Waals surface area contributed by atoms with Gasteiger partial charge in [0.2, 0.25) is 5.03 Å². The summed E-state index contributed by atoms with van der Waals surface area (Å²) in [5.41, 5.74) is 0.105. The van der Waals surface area contributed by atoms with Crippen molar-refractivity contribution >= 4 is 21.6 Å². The lowest BCUT2D eigenvalue weighted by molar-refractivity contribution is 0.279. The van der Waals surface area contributed by atoms with Gasteiger partial charge in [-0.25, -0.2) is 13.4 Å². The van der Waals surface area contributed by atoms with Crippen molar-refractivity contribution in [2.45, 2.75) is 38.1 Å². The third-order valence-electron chi connectivity index (χ3n) is 4.32. The highest BCUT2D eigenvalue weighted by Gasteiger charge is 2.42. The van der Waals surface area contributed by atoms with E-state index in [2.05, 4.69) is 18.8 Å². The van der Waals surface area contributed by atoms with E-state index in [0.717, 1.165) is 19.3 Å². The molecule has 1 aromatic heterocycles. The molecule has 2 heterocycles. The lowest BCUT2D eigenvalue weighted by atomic mass is 9.82. The van der Waals surface area contributed by atoms with Crippen LogP contribution in [0, 0.1) is 5.41 Å². The van der Waals surface area contributed by atoms with Crippen LogP contribution in [0.15, 0.2) is 11.4 Å². The average molecular weight is 306 g/mol. The average Bonchev–Trinajstić information content (AvgIpc) is 2.96. The number of halogens is 1. The zero-order valence-corrected chi connectivity index (χ0v) is 13.1. The van der Waals surface area contributed by atoms with E-state index in [-0.39, 0.29) is 15.6 Å². The van der Waals surface area contributed by atoms with Crippen LogP contribution in [0.3, 0.4) is 0 Å². The van der Waals surface area contributed by atoms with Crippen LogP contribution in [0.1, 0.15) is 33.1 Å². The Bertz CT molecular complexity index is 564. The standard InChI is InChI=1S/C12H20ClN3O2S/c1-4-12(5-2)6-7-16(8-12)19(17,18)11-10(13)15(3)9-14-11/h9H,4-8H2,1-3H3. The highest BCUT2D eigenvalue weighted by atomic mass is 35.5. The predicted molar refractivity (Wildman–Crippen MR) is 74.6 cm³/mol. The third kappa shape index (κ3) is 2.41. The first kappa shape index (κ1) is 14.8. The van der Waals surface area contributed by atoms with Crippen molar-refractivity contribution in [2.75, 3.05) is 13.1 Å². The van der Waals surface area contributed by atoms with Crippen LogP contribution in [-0.2, 0) is 17.1 Å². The zero-order valence-electron chi connectivity index (χ0n) is 11.6. The number of aromatic nitrogens is 2. The van der Waals surface area contributed by atoms with E-state index in [1.54, 1.807) is 7.05 Å². The summed E-state index contributed by atoms with van der Waals surface area (Å²) in [7, 11) is -1.89. The maximum atomic E-state index is 12.6. The molecule has 0 unspecified atom stereocenters. The van der Waals surface area contributed by atoms with Gasteiger partial charge in [0.25, 0.3) is 10.0 Å². The fraction of sp³-hybridized carbons (Fsp3) is 0.750. The number of aryl methyl sites for hydroxylation is 1. The molecule has 0 aromatic carbocycles. The van der Waals surface area contributed by atoms with Gasteiger partial charge in [-0.3, -0.25) is 0 Å². The van der Waals surface area contributed by atoms with Crippen LogP contribution in [0.5, 0.6) is 0 Å². The Labute approximate surface area is 119 Å². The summed E-state index contributed by atoms with van der Waals surface area (Å²) in [6.45, 7) is 5.35. The monoisotopic (exact) mass is 305 g/mol. The molecule has 108 valence electrons. The smallest absolute Gasteiger partial charge is 0.263 e. The second-order valence-corrected chi connectivity index (χ2v) is 7.46. The quantitative estimate of drug-likeness (QED) is 0.857. The lowest BCUT2D eigenvalue weighted by Gasteiger charge is -2.25. The molecule has 5 nitrogen and oxygen atoms in total. The molecule has 0 amide bonds. The maximum Gasteiger partial charge on any atom is 0.263 e. The molecular formula is C12H20ClN3O2S. The topological polar surface area (TPSA) is 55.2 Å². The van der Waals surface area contributed by atoms with Gasteiger partial charge in [0.1, 0.15) is 5.15 Å². The number of hydrogen-bond donors (Lipinski definition) is 0. The van der Waals surface area contributed by atoms with Crippen LogP contribution < -0.4 is 0 Å². The van der Waals surface area contributed by atoms with Crippen molar-refractivity contribution in [3.8, 4) is 0 Å². The fourth-order valence-electron chi connectivity index (χ4n) is 2.62. The molecule has 7 heteroatoms. The van der Waals surface area contributed by atoms with E-state index >= 15 is 0 Å². The Morgan fingerprint density at radius 3 is 2.47 bits per heavy atom. The van der Waals surface area contributed by atoms with Gasteiger partial charge < -0.3 is 4.57 Å². The molecule has 1 saturated heterocycles. The summed E-state index contributed by atoms with van der Waals surface area (Å²) in [6, 6.07) is 0. The van der Waals surface area contributed by atoms with Gasteiger partial charge in [-0.2, -0.15) is 4.31 Å². The molecule has 0 atom stereocenters. The van der Waals surface area contributed by atoms with E-state index in [9.17, 15) is 8.42 Å². The van der Waals surface area contributed by atoms with E-state index in [1.165, 1.54) is 15.2 Å². The molecule has 1 fully saturated rings. The number of sulfonamides is 1. The van der Waals surface area contributed by atoms with Crippen molar-refractivity contribution in [3.05, 3.63) is 11.5 Å². The molecule has 1 aliphatic rings. The first-order valence-corrected chi connectivity index (χ1v) is 8.35. The van der Waals surface area contributed by atoms with Crippen molar-refractivity contribution in [1.82, 2.24) is 13.9 Å². The van der Waals surface area contributed by atoms with E-state index < -0.39 is 10.0 Å².